The molecule has 0 radical (unpaired) electrons. The minimum absolute atomic E-state index is 0.298. The lowest BCUT2D eigenvalue weighted by Crippen LogP contribution is -2.48. The second-order valence-electron chi connectivity index (χ2n) is 8.50. The number of carbonyl (C=O) groups is 1. The first-order valence-corrected chi connectivity index (χ1v) is 10.1. The van der Waals surface area contributed by atoms with Crippen molar-refractivity contribution >= 4 is 17.3 Å². The third kappa shape index (κ3) is 3.89. The number of fused-ring (bicyclic) bond motifs is 1. The zero-order chi connectivity index (χ0) is 22.2. The van der Waals surface area contributed by atoms with Gasteiger partial charge in [-0.15, -0.1) is 0 Å². The molecule has 0 bridgehead atoms. The summed E-state index contributed by atoms with van der Waals surface area (Å²) in [4.78, 5) is 29.0. The van der Waals surface area contributed by atoms with Crippen molar-refractivity contribution in [2.24, 2.45) is 15.4 Å². The van der Waals surface area contributed by atoms with Crippen molar-refractivity contribution in [2.45, 2.75) is 33.4 Å². The molecule has 0 fully saturated rings. The van der Waals surface area contributed by atoms with Crippen molar-refractivity contribution in [1.29, 1.82) is 0 Å². The van der Waals surface area contributed by atoms with Crippen molar-refractivity contribution in [3.8, 4) is 5.75 Å². The van der Waals surface area contributed by atoms with Crippen molar-refractivity contribution in [1.82, 2.24) is 4.90 Å². The fraction of sp³-hybridized carbons (Fsp3) is 0.292. The molecule has 1 amide bonds. The summed E-state index contributed by atoms with van der Waals surface area (Å²) in [6.07, 6.45) is -0.613. The molecule has 7 heteroatoms. The maximum absolute atomic E-state index is 13.3. The molecule has 1 N–H and O–H groups in total. The molecule has 2 aliphatic rings. The number of ether oxygens (including phenoxy) is 1. The predicted molar refractivity (Wildman–Crippen MR) is 118 cm³/mol. The zero-order valence-corrected chi connectivity index (χ0v) is 18.0. The van der Waals surface area contributed by atoms with E-state index in [9.17, 15) is 10.1 Å². The zero-order valence-electron chi connectivity index (χ0n) is 18.0. The van der Waals surface area contributed by atoms with E-state index in [1.54, 1.807) is 19.2 Å². The Morgan fingerprint density at radius 2 is 1.71 bits per heavy atom. The first-order chi connectivity index (χ1) is 14.8. The van der Waals surface area contributed by atoms with Crippen LogP contribution >= 0.6 is 0 Å². The molecule has 0 saturated heterocycles. The third-order valence-corrected chi connectivity index (χ3v) is 5.26. The van der Waals surface area contributed by atoms with E-state index in [4.69, 9.17) is 14.6 Å². The number of nitrogens with zero attached hydrogens (tertiary/aromatic N) is 3. The average Bonchev–Trinajstić information content (AvgIpc) is 3.12. The van der Waals surface area contributed by atoms with Gasteiger partial charge in [0.25, 0.3) is 5.91 Å². The molecule has 160 valence electrons. The highest BCUT2D eigenvalue weighted by atomic mass is 17.1. The number of aliphatic imine (C=N–C) groups is 2. The second kappa shape index (κ2) is 8.09. The second-order valence-corrected chi connectivity index (χ2v) is 8.50. The van der Waals surface area contributed by atoms with Crippen molar-refractivity contribution in [3.63, 3.8) is 0 Å². The highest BCUT2D eigenvalue weighted by molar-refractivity contribution is 6.43. The van der Waals surface area contributed by atoms with E-state index >= 15 is 0 Å². The number of methoxy groups -OCH3 is 1. The molecule has 2 aliphatic heterocycles. The average molecular weight is 419 g/mol. The monoisotopic (exact) mass is 419 g/mol. The number of hydrogen-bond donors (Lipinski definition) is 1. The van der Waals surface area contributed by atoms with Crippen LogP contribution in [0, 0.1) is 5.41 Å². The van der Waals surface area contributed by atoms with E-state index in [1.165, 1.54) is 4.90 Å². The smallest absolute Gasteiger partial charge is 0.277 e. The van der Waals surface area contributed by atoms with E-state index in [0.717, 1.165) is 5.56 Å². The van der Waals surface area contributed by atoms with Gasteiger partial charge in [-0.25, -0.2) is 20.1 Å². The summed E-state index contributed by atoms with van der Waals surface area (Å²) in [7, 11) is 1.59. The van der Waals surface area contributed by atoms with Crippen LogP contribution in [-0.2, 0) is 16.1 Å². The Labute approximate surface area is 181 Å². The Hall–Kier alpha value is -3.29. The maximum atomic E-state index is 13.3. The Kier molecular flexibility index (Phi) is 5.47. The van der Waals surface area contributed by atoms with Crippen LogP contribution in [0.3, 0.4) is 0 Å². The quantitative estimate of drug-likeness (QED) is 0.585. The van der Waals surface area contributed by atoms with Gasteiger partial charge in [0.15, 0.2) is 5.82 Å². The van der Waals surface area contributed by atoms with Gasteiger partial charge in [-0.3, -0.25) is 9.69 Å². The van der Waals surface area contributed by atoms with Gasteiger partial charge in [0.1, 0.15) is 17.2 Å². The highest BCUT2D eigenvalue weighted by Gasteiger charge is 2.46. The van der Waals surface area contributed by atoms with E-state index < -0.39 is 11.6 Å². The van der Waals surface area contributed by atoms with Crippen LogP contribution in [0.25, 0.3) is 0 Å². The largest absolute Gasteiger partial charge is 0.497 e. The van der Waals surface area contributed by atoms with Crippen molar-refractivity contribution in [2.75, 3.05) is 7.11 Å². The summed E-state index contributed by atoms with van der Waals surface area (Å²) in [5.41, 5.74) is 2.75. The summed E-state index contributed by atoms with van der Waals surface area (Å²) in [6.45, 7) is 5.79. The minimum atomic E-state index is -1.10. The normalized spacial score (nSPS) is 18.7. The van der Waals surface area contributed by atoms with E-state index in [-0.39, 0.29) is 5.91 Å². The fourth-order valence-electron chi connectivity index (χ4n) is 3.67. The van der Waals surface area contributed by atoms with E-state index in [2.05, 4.69) is 4.99 Å². The molecule has 0 saturated carbocycles. The van der Waals surface area contributed by atoms with Gasteiger partial charge in [0, 0.05) is 17.4 Å². The van der Waals surface area contributed by atoms with Crippen LogP contribution < -0.4 is 4.74 Å². The molecule has 2 heterocycles. The van der Waals surface area contributed by atoms with Crippen LogP contribution in [-0.4, -0.2) is 40.8 Å². The summed E-state index contributed by atoms with van der Waals surface area (Å²) in [6, 6.07) is 17.1. The van der Waals surface area contributed by atoms with Gasteiger partial charge in [-0.05, 0) is 29.8 Å². The van der Waals surface area contributed by atoms with Gasteiger partial charge in [0.2, 0.25) is 6.23 Å². The molecule has 0 spiro atoms. The lowest BCUT2D eigenvalue weighted by atomic mass is 9.89. The number of amides is 1. The molecule has 7 nitrogen and oxygen atoms in total. The molecule has 1 unspecified atom stereocenters. The number of hydrogen-bond acceptors (Lipinski definition) is 6. The molecule has 1 atom stereocenters. The number of rotatable bonds is 5. The van der Waals surface area contributed by atoms with Gasteiger partial charge in [-0.1, -0.05) is 51.1 Å². The van der Waals surface area contributed by atoms with Crippen LogP contribution in [0.15, 0.2) is 76.1 Å². The number of benzene rings is 2. The van der Waals surface area contributed by atoms with Crippen molar-refractivity contribution < 1.29 is 19.7 Å². The third-order valence-electron chi connectivity index (χ3n) is 5.26. The van der Waals surface area contributed by atoms with Crippen LogP contribution in [0.1, 0.15) is 31.9 Å². The maximum Gasteiger partial charge on any atom is 0.277 e. The molecule has 0 aromatic heterocycles. The van der Waals surface area contributed by atoms with Gasteiger partial charge >= 0.3 is 0 Å². The van der Waals surface area contributed by atoms with Gasteiger partial charge < -0.3 is 4.74 Å². The highest BCUT2D eigenvalue weighted by Crippen LogP contribution is 2.36. The van der Waals surface area contributed by atoms with Gasteiger partial charge in [0.05, 0.1) is 12.8 Å². The molecule has 2 aromatic carbocycles. The topological polar surface area (TPSA) is 83.7 Å². The van der Waals surface area contributed by atoms with E-state index in [0.29, 0.717) is 40.7 Å². The standard InChI is InChI=1S/C24H25N3O4/c1-24(2,3)20-22(28)27-21(26-20)18(14-15-8-6-5-7-9-15)25-19(23(27)31-29)16-10-12-17(30-4)13-11-16/h5-13,23,29H,14H2,1-4H3. The Bertz CT molecular complexity index is 1080. The van der Waals surface area contributed by atoms with Crippen LogP contribution in [0.4, 0.5) is 0 Å². The Balaban J connectivity index is 1.86. The first-order valence-electron chi connectivity index (χ1n) is 10.1. The molecular formula is C24H25N3O4. The minimum Gasteiger partial charge on any atom is -0.497 e. The fourth-order valence-corrected chi connectivity index (χ4v) is 3.67. The summed E-state index contributed by atoms with van der Waals surface area (Å²) < 4.78 is 5.24. The van der Waals surface area contributed by atoms with Crippen LogP contribution in [0.5, 0.6) is 5.75 Å². The molecule has 2 aromatic rings. The first kappa shape index (κ1) is 21.0. The van der Waals surface area contributed by atoms with Crippen molar-refractivity contribution in [3.05, 3.63) is 77.2 Å². The van der Waals surface area contributed by atoms with E-state index in [1.807, 2.05) is 63.2 Å². The Morgan fingerprint density at radius 1 is 1.03 bits per heavy atom. The summed E-state index contributed by atoms with van der Waals surface area (Å²) in [5, 5.41) is 9.78. The lowest BCUT2D eigenvalue weighted by molar-refractivity contribution is -0.283. The molecule has 31 heavy (non-hydrogen) atoms. The molecule has 0 aliphatic carbocycles. The SMILES string of the molecule is COc1ccc(C2=NC(Cc3ccccc3)=C3N=C(C(C)(C)C)C(=O)N3C2OO)cc1. The summed E-state index contributed by atoms with van der Waals surface area (Å²) >= 11 is 0. The summed E-state index contributed by atoms with van der Waals surface area (Å²) in [5.74, 6) is 0.807. The number of carbonyl (C=O) groups excluding carboxylic acids is 1. The molecule has 4 rings (SSSR count). The van der Waals surface area contributed by atoms with Crippen LogP contribution in [0.2, 0.25) is 0 Å². The predicted octanol–water partition coefficient (Wildman–Crippen LogP) is 4.05. The Morgan fingerprint density at radius 3 is 2.29 bits per heavy atom. The molecular weight excluding hydrogens is 394 g/mol. The van der Waals surface area contributed by atoms with Gasteiger partial charge in [-0.2, -0.15) is 0 Å². The lowest BCUT2D eigenvalue weighted by Gasteiger charge is -2.31. The number of allylic oxidation sites excluding steroid dienone is 1.